The number of phenolic OH excluding ortho intramolecular Hbond substituents is 1. The summed E-state index contributed by atoms with van der Waals surface area (Å²) in [7, 11) is 0. The molecular weight excluding hydrogens is 250 g/mol. The lowest BCUT2D eigenvalue weighted by atomic mass is 10.1. The van der Waals surface area contributed by atoms with Gasteiger partial charge in [0.1, 0.15) is 5.52 Å². The highest BCUT2D eigenvalue weighted by Gasteiger charge is 2.14. The number of para-hydroxylation sites is 1. The molecule has 0 aliphatic carbocycles. The Morgan fingerprint density at radius 2 is 1.70 bits per heavy atom. The van der Waals surface area contributed by atoms with Gasteiger partial charge in [0.2, 0.25) is 0 Å². The molecule has 0 amide bonds. The number of benzene rings is 2. The van der Waals surface area contributed by atoms with Crippen molar-refractivity contribution >= 4 is 22.1 Å². The van der Waals surface area contributed by atoms with Crippen molar-refractivity contribution in [2.45, 2.75) is 0 Å². The molecule has 4 aromatic rings. The predicted octanol–water partition coefficient (Wildman–Crippen LogP) is 4.35. The van der Waals surface area contributed by atoms with Gasteiger partial charge in [-0.1, -0.05) is 36.4 Å². The van der Waals surface area contributed by atoms with Crippen molar-refractivity contribution in [3.05, 3.63) is 60.8 Å². The Labute approximate surface area is 115 Å². The largest absolute Gasteiger partial charge is 0.504 e. The highest BCUT2D eigenvalue weighted by molar-refractivity contribution is 6.08. The molecule has 0 radical (unpaired) electrons. The zero-order valence-electron chi connectivity index (χ0n) is 10.6. The fourth-order valence-electron chi connectivity index (χ4n) is 2.51. The lowest BCUT2D eigenvalue weighted by Crippen LogP contribution is -1.80. The Bertz CT molecular complexity index is 910. The van der Waals surface area contributed by atoms with Gasteiger partial charge in [-0.3, -0.25) is 4.98 Å². The molecule has 3 nitrogen and oxygen atoms in total. The van der Waals surface area contributed by atoms with Crippen molar-refractivity contribution in [3.63, 3.8) is 0 Å². The van der Waals surface area contributed by atoms with Gasteiger partial charge in [0, 0.05) is 11.8 Å². The highest BCUT2D eigenvalue weighted by atomic mass is 16.4. The van der Waals surface area contributed by atoms with E-state index in [0.29, 0.717) is 11.2 Å². The number of hydrogen-bond acceptors (Lipinski definition) is 3. The molecule has 2 aromatic heterocycles. The minimum absolute atomic E-state index is 0.138. The molecule has 20 heavy (non-hydrogen) atoms. The van der Waals surface area contributed by atoms with E-state index in [2.05, 4.69) is 4.98 Å². The highest BCUT2D eigenvalue weighted by Crippen LogP contribution is 2.37. The standard InChI is InChI=1S/C17H11NO2/c19-14-8-4-7-13-15-17(20-16(13)14)12(9-10-18-15)11-5-2-1-3-6-11/h1-10,19H. The van der Waals surface area contributed by atoms with Crippen molar-refractivity contribution in [2.24, 2.45) is 0 Å². The third-order valence-corrected chi connectivity index (χ3v) is 3.44. The van der Waals surface area contributed by atoms with Crippen LogP contribution in [0.25, 0.3) is 33.2 Å². The average molecular weight is 261 g/mol. The SMILES string of the molecule is Oc1cccc2c1oc1c(-c3ccccc3)ccnc12. The van der Waals surface area contributed by atoms with Crippen molar-refractivity contribution in [1.29, 1.82) is 0 Å². The van der Waals surface area contributed by atoms with Crippen molar-refractivity contribution in [1.82, 2.24) is 4.98 Å². The van der Waals surface area contributed by atoms with Crippen LogP contribution in [0.1, 0.15) is 0 Å². The quantitative estimate of drug-likeness (QED) is 0.554. The van der Waals surface area contributed by atoms with Crippen LogP contribution in [0.15, 0.2) is 65.2 Å². The number of phenols is 1. The monoisotopic (exact) mass is 261 g/mol. The van der Waals surface area contributed by atoms with Crippen LogP contribution in [-0.2, 0) is 0 Å². The molecule has 2 heterocycles. The second-order valence-electron chi connectivity index (χ2n) is 4.66. The normalized spacial score (nSPS) is 11.2. The Balaban J connectivity index is 2.14. The second-order valence-corrected chi connectivity index (χ2v) is 4.66. The molecule has 0 unspecified atom stereocenters. The number of nitrogens with zero attached hydrogens (tertiary/aromatic N) is 1. The summed E-state index contributed by atoms with van der Waals surface area (Å²) in [5.41, 5.74) is 4.01. The zero-order chi connectivity index (χ0) is 13.5. The Kier molecular flexibility index (Phi) is 2.27. The molecule has 0 saturated heterocycles. The van der Waals surface area contributed by atoms with Crippen LogP contribution in [-0.4, -0.2) is 10.1 Å². The predicted molar refractivity (Wildman–Crippen MR) is 78.6 cm³/mol. The zero-order valence-corrected chi connectivity index (χ0v) is 10.6. The Morgan fingerprint density at radius 1 is 0.850 bits per heavy atom. The van der Waals surface area contributed by atoms with E-state index in [4.69, 9.17) is 4.42 Å². The molecule has 3 heteroatoms. The minimum Gasteiger partial charge on any atom is -0.504 e. The molecule has 0 fully saturated rings. The van der Waals surface area contributed by atoms with Gasteiger partial charge in [0.15, 0.2) is 16.9 Å². The van der Waals surface area contributed by atoms with Gasteiger partial charge in [-0.25, -0.2) is 0 Å². The average Bonchev–Trinajstić information content (AvgIpc) is 2.88. The number of hydrogen-bond donors (Lipinski definition) is 1. The first-order valence-electron chi connectivity index (χ1n) is 6.39. The van der Waals surface area contributed by atoms with Crippen LogP contribution < -0.4 is 0 Å². The molecule has 2 aromatic carbocycles. The lowest BCUT2D eigenvalue weighted by molar-refractivity contribution is 0.469. The molecule has 0 atom stereocenters. The minimum atomic E-state index is 0.138. The van der Waals surface area contributed by atoms with Crippen LogP contribution in [0.5, 0.6) is 5.75 Å². The Morgan fingerprint density at radius 3 is 2.55 bits per heavy atom. The summed E-state index contributed by atoms with van der Waals surface area (Å²) in [6, 6.07) is 17.3. The summed E-state index contributed by atoms with van der Waals surface area (Å²) in [6.07, 6.45) is 1.77. The van der Waals surface area contributed by atoms with Crippen LogP contribution in [0.4, 0.5) is 0 Å². The van der Waals surface area contributed by atoms with E-state index in [1.165, 1.54) is 0 Å². The number of aromatic nitrogens is 1. The third kappa shape index (κ3) is 1.50. The van der Waals surface area contributed by atoms with Crippen molar-refractivity contribution in [3.8, 4) is 16.9 Å². The number of rotatable bonds is 1. The van der Waals surface area contributed by atoms with E-state index in [-0.39, 0.29) is 5.75 Å². The molecular formula is C17H11NO2. The summed E-state index contributed by atoms with van der Waals surface area (Å²) >= 11 is 0. The van der Waals surface area contributed by atoms with Gasteiger partial charge in [-0.2, -0.15) is 0 Å². The molecule has 0 aliphatic rings. The Hall–Kier alpha value is -2.81. The summed E-state index contributed by atoms with van der Waals surface area (Å²) < 4.78 is 5.86. The lowest BCUT2D eigenvalue weighted by Gasteiger charge is -2.01. The summed E-state index contributed by atoms with van der Waals surface area (Å²) in [5.74, 6) is 0.138. The van der Waals surface area contributed by atoms with Gasteiger partial charge in [0.05, 0.1) is 5.39 Å². The van der Waals surface area contributed by atoms with Crippen molar-refractivity contribution in [2.75, 3.05) is 0 Å². The summed E-state index contributed by atoms with van der Waals surface area (Å²) in [6.45, 7) is 0. The van der Waals surface area contributed by atoms with E-state index in [1.807, 2.05) is 42.5 Å². The van der Waals surface area contributed by atoms with E-state index in [1.54, 1.807) is 18.3 Å². The number of furan rings is 1. The fourth-order valence-corrected chi connectivity index (χ4v) is 2.51. The molecule has 0 aliphatic heterocycles. The maximum Gasteiger partial charge on any atom is 0.178 e. The fraction of sp³-hybridized carbons (Fsp3) is 0. The topological polar surface area (TPSA) is 46.3 Å². The van der Waals surface area contributed by atoms with E-state index in [9.17, 15) is 5.11 Å². The molecule has 1 N–H and O–H groups in total. The number of aromatic hydroxyl groups is 1. The van der Waals surface area contributed by atoms with Gasteiger partial charge < -0.3 is 9.52 Å². The first-order chi connectivity index (χ1) is 9.84. The first kappa shape index (κ1) is 11.1. The molecule has 4 rings (SSSR count). The maximum absolute atomic E-state index is 9.91. The van der Waals surface area contributed by atoms with Crippen molar-refractivity contribution < 1.29 is 9.52 Å². The summed E-state index contributed by atoms with van der Waals surface area (Å²) in [5, 5.41) is 10.7. The first-order valence-corrected chi connectivity index (χ1v) is 6.39. The molecule has 96 valence electrons. The van der Waals surface area contributed by atoms with Crippen LogP contribution in [0.3, 0.4) is 0 Å². The van der Waals surface area contributed by atoms with Crippen LogP contribution in [0, 0.1) is 0 Å². The number of pyridine rings is 1. The van der Waals surface area contributed by atoms with Gasteiger partial charge in [0.25, 0.3) is 0 Å². The van der Waals surface area contributed by atoms with E-state index < -0.39 is 0 Å². The number of fused-ring (bicyclic) bond motifs is 3. The van der Waals surface area contributed by atoms with E-state index in [0.717, 1.165) is 22.0 Å². The second kappa shape index (κ2) is 4.10. The third-order valence-electron chi connectivity index (χ3n) is 3.44. The molecule has 0 spiro atoms. The van der Waals surface area contributed by atoms with Gasteiger partial charge >= 0.3 is 0 Å². The molecule has 0 bridgehead atoms. The van der Waals surface area contributed by atoms with Gasteiger partial charge in [-0.15, -0.1) is 0 Å². The van der Waals surface area contributed by atoms with Crippen LogP contribution in [0.2, 0.25) is 0 Å². The molecule has 0 saturated carbocycles. The van der Waals surface area contributed by atoms with Gasteiger partial charge in [-0.05, 0) is 23.8 Å². The summed E-state index contributed by atoms with van der Waals surface area (Å²) in [4.78, 5) is 4.39. The van der Waals surface area contributed by atoms with Crippen LogP contribution >= 0.6 is 0 Å². The smallest absolute Gasteiger partial charge is 0.178 e. The van der Waals surface area contributed by atoms with E-state index >= 15 is 0 Å². The maximum atomic E-state index is 9.91.